The molecule has 0 aliphatic heterocycles. The Balaban J connectivity index is 2.68. The van der Waals surface area contributed by atoms with E-state index in [4.69, 9.17) is 10.7 Å². The molecule has 2 N–H and O–H groups in total. The van der Waals surface area contributed by atoms with E-state index in [2.05, 4.69) is 80.2 Å². The van der Waals surface area contributed by atoms with Gasteiger partial charge in [0.05, 0.1) is 0 Å². The van der Waals surface area contributed by atoms with E-state index in [0.29, 0.717) is 0 Å². The Morgan fingerprint density at radius 3 is 2.29 bits per heavy atom. The van der Waals surface area contributed by atoms with Gasteiger partial charge in [-0.25, -0.2) is 4.98 Å². The second-order valence-corrected chi connectivity index (χ2v) is 7.70. The zero-order valence-electron chi connectivity index (χ0n) is 13.7. The third-order valence-corrected chi connectivity index (χ3v) is 4.46. The number of hydrogen-bond donors (Lipinski definition) is 1. The summed E-state index contributed by atoms with van der Waals surface area (Å²) in [6.07, 6.45) is 0. The lowest BCUT2D eigenvalue weighted by atomic mass is 9.95. The van der Waals surface area contributed by atoms with Crippen LogP contribution in [0.15, 0.2) is 22.7 Å². The second-order valence-electron chi connectivity index (χ2n) is 6.85. The molecule has 1 aromatic heterocycles. The van der Waals surface area contributed by atoms with Gasteiger partial charge < -0.3 is 10.3 Å². The lowest BCUT2D eigenvalue weighted by Crippen LogP contribution is -2.21. The van der Waals surface area contributed by atoms with Crippen LogP contribution >= 0.6 is 15.9 Å². The van der Waals surface area contributed by atoms with Gasteiger partial charge in [0.25, 0.3) is 0 Å². The van der Waals surface area contributed by atoms with Gasteiger partial charge in [0.15, 0.2) is 0 Å². The Kier molecular flexibility index (Phi) is 4.20. The number of halogens is 1. The first kappa shape index (κ1) is 16.1. The third-order valence-electron chi connectivity index (χ3n) is 3.57. The van der Waals surface area contributed by atoms with E-state index in [1.165, 1.54) is 5.56 Å². The van der Waals surface area contributed by atoms with Crippen molar-refractivity contribution in [2.45, 2.75) is 53.0 Å². The highest BCUT2D eigenvalue weighted by atomic mass is 79.9. The number of hydrogen-bond acceptors (Lipinski definition) is 2. The molecular formula is C17H24BrN3. The molecule has 0 bridgehead atoms. The zero-order chi connectivity index (χ0) is 15.9. The minimum atomic E-state index is -0.0406. The summed E-state index contributed by atoms with van der Waals surface area (Å²) >= 11 is 3.54. The largest absolute Gasteiger partial charge is 0.383 e. The fraction of sp³-hybridized carbons (Fsp3) is 0.471. The summed E-state index contributed by atoms with van der Waals surface area (Å²) in [7, 11) is 0. The van der Waals surface area contributed by atoms with Crippen LogP contribution in [0.1, 0.15) is 52.0 Å². The third kappa shape index (κ3) is 3.00. The van der Waals surface area contributed by atoms with Crippen LogP contribution in [0.25, 0.3) is 11.3 Å². The van der Waals surface area contributed by atoms with Crippen LogP contribution in [-0.2, 0) is 5.41 Å². The van der Waals surface area contributed by atoms with Gasteiger partial charge >= 0.3 is 0 Å². The summed E-state index contributed by atoms with van der Waals surface area (Å²) < 4.78 is 3.25. The molecule has 0 saturated carbocycles. The van der Waals surface area contributed by atoms with E-state index >= 15 is 0 Å². The normalized spacial score (nSPS) is 12.2. The van der Waals surface area contributed by atoms with Crippen molar-refractivity contribution in [1.29, 1.82) is 0 Å². The van der Waals surface area contributed by atoms with Gasteiger partial charge in [0.2, 0.25) is 0 Å². The highest BCUT2D eigenvalue weighted by Crippen LogP contribution is 2.35. The van der Waals surface area contributed by atoms with Crippen molar-refractivity contribution in [2.24, 2.45) is 0 Å². The first-order valence-electron chi connectivity index (χ1n) is 7.27. The smallest absolute Gasteiger partial charge is 0.131 e. The number of imidazole rings is 1. The van der Waals surface area contributed by atoms with Crippen molar-refractivity contribution < 1.29 is 0 Å². The average Bonchev–Trinajstić information content (AvgIpc) is 2.70. The van der Waals surface area contributed by atoms with E-state index < -0.39 is 0 Å². The van der Waals surface area contributed by atoms with Crippen molar-refractivity contribution in [3.8, 4) is 11.3 Å². The fourth-order valence-corrected chi connectivity index (χ4v) is 2.75. The molecule has 0 saturated heterocycles. The predicted molar refractivity (Wildman–Crippen MR) is 93.6 cm³/mol. The monoisotopic (exact) mass is 349 g/mol. The Hall–Kier alpha value is -1.29. The Morgan fingerprint density at radius 1 is 1.24 bits per heavy atom. The molecule has 0 spiro atoms. The molecule has 2 aromatic rings. The molecule has 0 aliphatic carbocycles. The molecule has 0 amide bonds. The van der Waals surface area contributed by atoms with Crippen molar-refractivity contribution in [3.05, 3.63) is 34.1 Å². The maximum absolute atomic E-state index is 6.41. The lowest BCUT2D eigenvalue weighted by Gasteiger charge is -2.22. The molecule has 4 heteroatoms. The molecule has 0 aliphatic rings. The molecular weight excluding hydrogens is 326 g/mol. The van der Waals surface area contributed by atoms with Gasteiger partial charge in [0.1, 0.15) is 17.3 Å². The lowest BCUT2D eigenvalue weighted by molar-refractivity contribution is 0.473. The van der Waals surface area contributed by atoms with Gasteiger partial charge in [-0.15, -0.1) is 0 Å². The summed E-state index contributed by atoms with van der Waals surface area (Å²) in [5.41, 5.74) is 9.50. The summed E-state index contributed by atoms with van der Waals surface area (Å²) in [5.74, 6) is 1.78. The van der Waals surface area contributed by atoms with E-state index in [-0.39, 0.29) is 11.5 Å². The first-order chi connectivity index (χ1) is 9.62. The van der Waals surface area contributed by atoms with Crippen LogP contribution in [0.2, 0.25) is 0 Å². The van der Waals surface area contributed by atoms with Crippen LogP contribution in [0.5, 0.6) is 0 Å². The van der Waals surface area contributed by atoms with Gasteiger partial charge in [-0.1, -0.05) is 42.8 Å². The molecule has 1 aromatic carbocycles. The highest BCUT2D eigenvalue weighted by molar-refractivity contribution is 9.10. The van der Waals surface area contributed by atoms with Crippen LogP contribution in [-0.4, -0.2) is 9.55 Å². The van der Waals surface area contributed by atoms with E-state index in [9.17, 15) is 0 Å². The number of aromatic nitrogens is 2. The zero-order valence-corrected chi connectivity index (χ0v) is 15.2. The topological polar surface area (TPSA) is 43.8 Å². The molecule has 0 unspecified atom stereocenters. The van der Waals surface area contributed by atoms with Crippen molar-refractivity contribution in [2.75, 3.05) is 5.73 Å². The fourth-order valence-electron chi connectivity index (χ4n) is 2.50. The van der Waals surface area contributed by atoms with E-state index in [1.807, 2.05) is 0 Å². The van der Waals surface area contributed by atoms with Crippen LogP contribution in [0.4, 0.5) is 5.82 Å². The number of anilines is 1. The van der Waals surface area contributed by atoms with Crippen LogP contribution in [0.3, 0.4) is 0 Å². The highest BCUT2D eigenvalue weighted by Gasteiger charge is 2.26. The standard InChI is InChI=1S/C17H24BrN3/c1-10(2)21-15(19)14(20-16(21)17(4,5)6)12-7-8-13(18)11(3)9-12/h7-10H,19H2,1-6H3. The SMILES string of the molecule is Cc1cc(-c2nc(C(C)(C)C)n(C(C)C)c2N)ccc1Br. The van der Waals surface area contributed by atoms with Gasteiger partial charge in [-0.3, -0.25) is 0 Å². The average molecular weight is 350 g/mol. The Bertz CT molecular complexity index is 663. The molecule has 3 nitrogen and oxygen atoms in total. The number of benzene rings is 1. The summed E-state index contributed by atoms with van der Waals surface area (Å²) in [6, 6.07) is 6.53. The molecule has 21 heavy (non-hydrogen) atoms. The van der Waals surface area contributed by atoms with Gasteiger partial charge in [-0.2, -0.15) is 0 Å². The van der Waals surface area contributed by atoms with Crippen molar-refractivity contribution >= 4 is 21.7 Å². The number of nitrogens with zero attached hydrogens (tertiary/aromatic N) is 2. The van der Waals surface area contributed by atoms with E-state index in [1.54, 1.807) is 0 Å². The van der Waals surface area contributed by atoms with Crippen molar-refractivity contribution in [1.82, 2.24) is 9.55 Å². The maximum Gasteiger partial charge on any atom is 0.131 e. The van der Waals surface area contributed by atoms with Crippen molar-refractivity contribution in [3.63, 3.8) is 0 Å². The Labute approximate surface area is 135 Å². The van der Waals surface area contributed by atoms with Gasteiger partial charge in [0, 0.05) is 21.5 Å². The summed E-state index contributed by atoms with van der Waals surface area (Å²) in [5, 5.41) is 0. The minimum absolute atomic E-state index is 0.0406. The minimum Gasteiger partial charge on any atom is -0.383 e. The van der Waals surface area contributed by atoms with E-state index in [0.717, 1.165) is 27.4 Å². The van der Waals surface area contributed by atoms with Gasteiger partial charge in [-0.05, 0) is 38.5 Å². The van der Waals surface area contributed by atoms with Crippen LogP contribution < -0.4 is 5.73 Å². The number of nitrogens with two attached hydrogens (primary N) is 1. The number of nitrogen functional groups attached to an aromatic ring is 1. The Morgan fingerprint density at radius 2 is 1.86 bits per heavy atom. The predicted octanol–water partition coefficient (Wildman–Crippen LogP) is 5.08. The summed E-state index contributed by atoms with van der Waals surface area (Å²) in [4.78, 5) is 4.87. The molecule has 0 fully saturated rings. The molecule has 114 valence electrons. The number of aryl methyl sites for hydroxylation is 1. The van der Waals surface area contributed by atoms with Crippen LogP contribution in [0, 0.1) is 6.92 Å². The first-order valence-corrected chi connectivity index (χ1v) is 8.07. The second kappa shape index (κ2) is 5.48. The quantitative estimate of drug-likeness (QED) is 0.821. The number of rotatable bonds is 2. The maximum atomic E-state index is 6.41. The molecule has 2 rings (SSSR count). The molecule has 1 heterocycles. The summed E-state index contributed by atoms with van der Waals surface area (Å²) in [6.45, 7) is 12.9. The molecule has 0 atom stereocenters. The molecule has 0 radical (unpaired) electrons.